The Labute approximate surface area is 176 Å². The summed E-state index contributed by atoms with van der Waals surface area (Å²) >= 11 is 1.79. The maximum absolute atomic E-state index is 12.8. The summed E-state index contributed by atoms with van der Waals surface area (Å²) in [5.74, 6) is 2.05. The Kier molecular flexibility index (Phi) is 8.72. The maximum Gasteiger partial charge on any atom is 0.223 e. The van der Waals surface area contributed by atoms with Crippen LogP contribution in [0.5, 0.6) is 0 Å². The molecule has 0 spiro atoms. The van der Waals surface area contributed by atoms with E-state index in [1.165, 1.54) is 62.7 Å². The molecule has 1 amide bonds. The first-order valence-electron chi connectivity index (χ1n) is 11.2. The number of benzene rings is 1. The molecule has 1 aromatic rings. The fraction of sp³-hybridized carbons (Fsp3) is 0.708. The van der Waals surface area contributed by atoms with E-state index in [4.69, 9.17) is 0 Å². The van der Waals surface area contributed by atoms with Gasteiger partial charge in [-0.05, 0) is 75.4 Å². The van der Waals surface area contributed by atoms with Gasteiger partial charge in [-0.25, -0.2) is 0 Å². The number of hydrogen-bond donors (Lipinski definition) is 0. The molecule has 1 aliphatic heterocycles. The SMILES string of the molecule is CSCCC(=O)N(CC1CCN(CCc2ccccc2C)CC1)C1CCCC1. The molecule has 1 saturated heterocycles. The molecule has 3 nitrogen and oxygen atoms in total. The summed E-state index contributed by atoms with van der Waals surface area (Å²) in [4.78, 5) is 17.7. The predicted molar refractivity (Wildman–Crippen MR) is 121 cm³/mol. The van der Waals surface area contributed by atoms with Gasteiger partial charge in [-0.2, -0.15) is 11.8 Å². The van der Waals surface area contributed by atoms with Gasteiger partial charge < -0.3 is 9.80 Å². The second kappa shape index (κ2) is 11.3. The van der Waals surface area contributed by atoms with Crippen molar-refractivity contribution >= 4 is 17.7 Å². The van der Waals surface area contributed by atoms with Crippen molar-refractivity contribution in [3.8, 4) is 0 Å². The van der Waals surface area contributed by atoms with Crippen LogP contribution in [-0.2, 0) is 11.2 Å². The summed E-state index contributed by atoms with van der Waals surface area (Å²) in [7, 11) is 0. The number of rotatable bonds is 9. The van der Waals surface area contributed by atoms with Crippen LogP contribution in [0.4, 0.5) is 0 Å². The molecular formula is C24H38N2OS. The van der Waals surface area contributed by atoms with E-state index in [-0.39, 0.29) is 0 Å². The first kappa shape index (κ1) is 21.7. The quantitative estimate of drug-likeness (QED) is 0.594. The first-order chi connectivity index (χ1) is 13.7. The molecule has 0 N–H and O–H groups in total. The predicted octanol–water partition coefficient (Wildman–Crippen LogP) is 4.77. The summed E-state index contributed by atoms with van der Waals surface area (Å²) in [6.07, 6.45) is 11.5. The van der Waals surface area contributed by atoms with Crippen LogP contribution >= 0.6 is 11.8 Å². The molecular weight excluding hydrogens is 364 g/mol. The highest BCUT2D eigenvalue weighted by Gasteiger charge is 2.29. The molecule has 0 aromatic heterocycles. The Morgan fingerprint density at radius 1 is 1.14 bits per heavy atom. The number of amides is 1. The lowest BCUT2D eigenvalue weighted by molar-refractivity contribution is -0.134. The number of carbonyl (C=O) groups is 1. The summed E-state index contributed by atoms with van der Waals surface area (Å²) in [6.45, 7) is 6.76. The topological polar surface area (TPSA) is 23.6 Å². The van der Waals surface area contributed by atoms with Crippen LogP contribution in [0.15, 0.2) is 24.3 Å². The minimum Gasteiger partial charge on any atom is -0.339 e. The van der Waals surface area contributed by atoms with E-state index in [0.29, 0.717) is 24.3 Å². The van der Waals surface area contributed by atoms with Crippen molar-refractivity contribution in [3.05, 3.63) is 35.4 Å². The highest BCUT2D eigenvalue weighted by molar-refractivity contribution is 7.98. The van der Waals surface area contributed by atoms with E-state index in [0.717, 1.165) is 25.3 Å². The standard InChI is InChI=1S/C24H38N2OS/c1-20-7-3-4-8-22(20)13-17-25-15-11-21(12-16-25)19-26(23-9-5-6-10-23)24(27)14-18-28-2/h3-4,7-8,21,23H,5-6,9-19H2,1-2H3. The van der Waals surface area contributed by atoms with Gasteiger partial charge in [-0.3, -0.25) is 4.79 Å². The molecule has 0 atom stereocenters. The zero-order valence-corrected chi connectivity index (χ0v) is 18.7. The highest BCUT2D eigenvalue weighted by atomic mass is 32.2. The van der Waals surface area contributed by atoms with E-state index in [9.17, 15) is 4.79 Å². The molecule has 1 heterocycles. The van der Waals surface area contributed by atoms with Crippen LogP contribution in [0.25, 0.3) is 0 Å². The summed E-state index contributed by atoms with van der Waals surface area (Å²) < 4.78 is 0. The normalized spacial score (nSPS) is 19.2. The number of hydrogen-bond acceptors (Lipinski definition) is 3. The number of piperidine rings is 1. The van der Waals surface area contributed by atoms with Gasteiger partial charge in [0.15, 0.2) is 0 Å². The van der Waals surface area contributed by atoms with Crippen LogP contribution in [0.2, 0.25) is 0 Å². The van der Waals surface area contributed by atoms with Gasteiger partial charge in [-0.1, -0.05) is 37.1 Å². The maximum atomic E-state index is 12.8. The van der Waals surface area contributed by atoms with Crippen molar-refractivity contribution in [1.82, 2.24) is 9.80 Å². The van der Waals surface area contributed by atoms with Crippen molar-refractivity contribution < 1.29 is 4.79 Å². The smallest absolute Gasteiger partial charge is 0.223 e. The van der Waals surface area contributed by atoms with Crippen molar-refractivity contribution in [2.24, 2.45) is 5.92 Å². The average Bonchev–Trinajstić information content (AvgIpc) is 3.25. The molecule has 156 valence electrons. The van der Waals surface area contributed by atoms with E-state index in [1.54, 1.807) is 11.8 Å². The molecule has 1 aliphatic carbocycles. The van der Waals surface area contributed by atoms with Crippen LogP contribution in [-0.4, -0.2) is 59.9 Å². The Balaban J connectivity index is 1.46. The molecule has 2 aliphatic rings. The number of carbonyl (C=O) groups excluding carboxylic acids is 1. The molecule has 28 heavy (non-hydrogen) atoms. The van der Waals surface area contributed by atoms with E-state index < -0.39 is 0 Å². The van der Waals surface area contributed by atoms with Crippen LogP contribution in [0, 0.1) is 12.8 Å². The minimum atomic E-state index is 0.406. The number of aryl methyl sites for hydroxylation is 1. The molecule has 2 fully saturated rings. The lowest BCUT2D eigenvalue weighted by Gasteiger charge is -2.37. The van der Waals surface area contributed by atoms with Gasteiger partial charge in [-0.15, -0.1) is 0 Å². The van der Waals surface area contributed by atoms with Crippen molar-refractivity contribution in [3.63, 3.8) is 0 Å². The highest BCUT2D eigenvalue weighted by Crippen LogP contribution is 2.27. The molecule has 0 unspecified atom stereocenters. The number of thioether (sulfide) groups is 1. The van der Waals surface area contributed by atoms with Gasteiger partial charge in [0.2, 0.25) is 5.91 Å². The molecule has 0 radical (unpaired) electrons. The molecule has 0 bridgehead atoms. The van der Waals surface area contributed by atoms with Gasteiger partial charge in [0, 0.05) is 31.3 Å². The molecule has 1 aromatic carbocycles. The van der Waals surface area contributed by atoms with Crippen LogP contribution < -0.4 is 0 Å². The second-order valence-corrected chi connectivity index (χ2v) is 9.67. The number of nitrogens with zero attached hydrogens (tertiary/aromatic N) is 2. The van der Waals surface area contributed by atoms with Gasteiger partial charge in [0.25, 0.3) is 0 Å². The van der Waals surface area contributed by atoms with E-state index >= 15 is 0 Å². The molecule has 4 heteroatoms. The zero-order chi connectivity index (χ0) is 19.8. The van der Waals surface area contributed by atoms with Gasteiger partial charge in [0.1, 0.15) is 0 Å². The van der Waals surface area contributed by atoms with Crippen molar-refractivity contribution in [1.29, 1.82) is 0 Å². The Bertz CT molecular complexity index is 606. The van der Waals surface area contributed by atoms with Gasteiger partial charge >= 0.3 is 0 Å². The average molecular weight is 403 g/mol. The van der Waals surface area contributed by atoms with E-state index in [1.807, 2.05) is 0 Å². The summed E-state index contributed by atoms with van der Waals surface area (Å²) in [5, 5.41) is 0. The zero-order valence-electron chi connectivity index (χ0n) is 17.9. The Hall–Kier alpha value is -1.00. The minimum absolute atomic E-state index is 0.406. The van der Waals surface area contributed by atoms with Crippen LogP contribution in [0.3, 0.4) is 0 Å². The Morgan fingerprint density at radius 2 is 1.86 bits per heavy atom. The van der Waals surface area contributed by atoms with Gasteiger partial charge in [0.05, 0.1) is 0 Å². The fourth-order valence-electron chi connectivity index (χ4n) is 4.84. The first-order valence-corrected chi connectivity index (χ1v) is 12.6. The second-order valence-electron chi connectivity index (χ2n) is 8.69. The largest absolute Gasteiger partial charge is 0.339 e. The Morgan fingerprint density at radius 3 is 2.54 bits per heavy atom. The summed E-state index contributed by atoms with van der Waals surface area (Å²) in [6, 6.07) is 9.28. The van der Waals surface area contributed by atoms with Crippen LogP contribution in [0.1, 0.15) is 56.1 Å². The van der Waals surface area contributed by atoms with Crippen molar-refractivity contribution in [2.45, 2.75) is 64.3 Å². The van der Waals surface area contributed by atoms with Crippen molar-refractivity contribution in [2.75, 3.05) is 38.2 Å². The monoisotopic (exact) mass is 402 g/mol. The molecule has 3 rings (SSSR count). The third-order valence-corrected chi connectivity index (χ3v) is 7.34. The fourth-order valence-corrected chi connectivity index (χ4v) is 5.22. The van der Waals surface area contributed by atoms with E-state index in [2.05, 4.69) is 47.2 Å². The third kappa shape index (κ3) is 6.25. The lowest BCUT2D eigenvalue weighted by atomic mass is 9.94. The third-order valence-electron chi connectivity index (χ3n) is 6.73. The summed E-state index contributed by atoms with van der Waals surface area (Å²) in [5.41, 5.74) is 2.89. The lowest BCUT2D eigenvalue weighted by Crippen LogP contribution is -2.45. The number of likely N-dealkylation sites (tertiary alicyclic amines) is 1. The molecule has 1 saturated carbocycles.